The van der Waals surface area contributed by atoms with Gasteiger partial charge in [0.2, 0.25) is 15.9 Å². The van der Waals surface area contributed by atoms with Gasteiger partial charge in [0.15, 0.2) is 0 Å². The van der Waals surface area contributed by atoms with Gasteiger partial charge in [-0.3, -0.25) is 4.79 Å². The summed E-state index contributed by atoms with van der Waals surface area (Å²) in [5, 5.41) is 0. The molecule has 3 rings (SSSR count). The highest BCUT2D eigenvalue weighted by molar-refractivity contribution is 9.10. The first kappa shape index (κ1) is 18.9. The third-order valence-electron chi connectivity index (χ3n) is 5.27. The smallest absolute Gasteiger partial charge is 0.243 e. The van der Waals surface area contributed by atoms with Gasteiger partial charge in [0, 0.05) is 30.1 Å². The lowest BCUT2D eigenvalue weighted by Crippen LogP contribution is -2.50. The molecule has 0 saturated carbocycles. The standard InChI is InChI=1S/C18H25BrN2O3S/c1-14-5-2-3-12-21(14)18(22)15-6-4-11-20(13-15)25(23,24)17-9-7-16(19)8-10-17/h7-10,14-15H,2-6,11-13H2,1H3. The number of carbonyl (C=O) groups is 1. The molecule has 1 aromatic rings. The van der Waals surface area contributed by atoms with Crippen LogP contribution in [0.25, 0.3) is 0 Å². The average Bonchev–Trinajstić information content (AvgIpc) is 2.62. The molecule has 7 heteroatoms. The molecular weight excluding hydrogens is 404 g/mol. The normalized spacial score (nSPS) is 25.8. The number of rotatable bonds is 3. The molecule has 0 spiro atoms. The van der Waals surface area contributed by atoms with E-state index in [4.69, 9.17) is 0 Å². The lowest BCUT2D eigenvalue weighted by molar-refractivity contribution is -0.140. The molecule has 0 bridgehead atoms. The van der Waals surface area contributed by atoms with E-state index < -0.39 is 10.0 Å². The molecule has 1 amide bonds. The van der Waals surface area contributed by atoms with Gasteiger partial charge >= 0.3 is 0 Å². The fourth-order valence-electron chi connectivity index (χ4n) is 3.78. The number of piperidine rings is 2. The van der Waals surface area contributed by atoms with Gasteiger partial charge in [-0.25, -0.2) is 8.42 Å². The first-order valence-electron chi connectivity index (χ1n) is 8.96. The highest BCUT2D eigenvalue weighted by atomic mass is 79.9. The third kappa shape index (κ3) is 4.09. The van der Waals surface area contributed by atoms with E-state index in [0.717, 1.165) is 36.7 Å². The third-order valence-corrected chi connectivity index (χ3v) is 7.68. The van der Waals surface area contributed by atoms with Gasteiger partial charge in [0.05, 0.1) is 10.8 Å². The summed E-state index contributed by atoms with van der Waals surface area (Å²) in [5.41, 5.74) is 0. The minimum Gasteiger partial charge on any atom is -0.340 e. The van der Waals surface area contributed by atoms with Crippen LogP contribution in [0.4, 0.5) is 0 Å². The van der Waals surface area contributed by atoms with E-state index in [2.05, 4.69) is 22.9 Å². The Bertz CT molecular complexity index is 720. The molecule has 0 aromatic heterocycles. The van der Waals surface area contributed by atoms with Gasteiger partial charge in [-0.1, -0.05) is 15.9 Å². The molecule has 2 saturated heterocycles. The summed E-state index contributed by atoms with van der Waals surface area (Å²) in [6.45, 7) is 3.67. The summed E-state index contributed by atoms with van der Waals surface area (Å²) >= 11 is 3.33. The Morgan fingerprint density at radius 2 is 1.80 bits per heavy atom. The van der Waals surface area contributed by atoms with Crippen molar-refractivity contribution < 1.29 is 13.2 Å². The molecule has 2 unspecified atom stereocenters. The molecule has 5 nitrogen and oxygen atoms in total. The zero-order chi connectivity index (χ0) is 18.0. The largest absolute Gasteiger partial charge is 0.340 e. The van der Waals surface area contributed by atoms with Gasteiger partial charge in [-0.05, 0) is 63.3 Å². The van der Waals surface area contributed by atoms with Gasteiger partial charge in [-0.15, -0.1) is 0 Å². The van der Waals surface area contributed by atoms with Crippen molar-refractivity contribution in [1.29, 1.82) is 0 Å². The lowest BCUT2D eigenvalue weighted by Gasteiger charge is -2.38. The summed E-state index contributed by atoms with van der Waals surface area (Å²) in [5.74, 6) is -0.0950. The maximum atomic E-state index is 12.9. The van der Waals surface area contributed by atoms with Crippen molar-refractivity contribution >= 4 is 31.9 Å². The van der Waals surface area contributed by atoms with Crippen LogP contribution >= 0.6 is 15.9 Å². The number of amides is 1. The van der Waals surface area contributed by atoms with Crippen molar-refractivity contribution in [2.75, 3.05) is 19.6 Å². The van der Waals surface area contributed by atoms with Crippen molar-refractivity contribution in [1.82, 2.24) is 9.21 Å². The van der Waals surface area contributed by atoms with E-state index in [1.54, 1.807) is 24.3 Å². The summed E-state index contributed by atoms with van der Waals surface area (Å²) in [6.07, 6.45) is 4.76. The molecule has 2 atom stereocenters. The topological polar surface area (TPSA) is 57.7 Å². The second-order valence-corrected chi connectivity index (χ2v) is 9.89. The van der Waals surface area contributed by atoms with Crippen LogP contribution in [0.1, 0.15) is 39.0 Å². The van der Waals surface area contributed by atoms with E-state index >= 15 is 0 Å². The molecule has 0 radical (unpaired) electrons. The molecule has 0 N–H and O–H groups in total. The Labute approximate surface area is 158 Å². The van der Waals surface area contributed by atoms with E-state index in [1.165, 1.54) is 10.7 Å². The number of likely N-dealkylation sites (tertiary alicyclic amines) is 1. The predicted molar refractivity (Wildman–Crippen MR) is 101 cm³/mol. The van der Waals surface area contributed by atoms with Crippen molar-refractivity contribution in [3.63, 3.8) is 0 Å². The maximum Gasteiger partial charge on any atom is 0.243 e. The highest BCUT2D eigenvalue weighted by Crippen LogP contribution is 2.27. The molecule has 2 aliphatic heterocycles. The number of halogens is 1. The Balaban J connectivity index is 1.74. The van der Waals surface area contributed by atoms with Gasteiger partial charge in [-0.2, -0.15) is 4.31 Å². The lowest BCUT2D eigenvalue weighted by atomic mass is 9.95. The van der Waals surface area contributed by atoms with Crippen LogP contribution in [0.5, 0.6) is 0 Å². The van der Waals surface area contributed by atoms with Crippen molar-refractivity contribution in [2.45, 2.75) is 50.0 Å². The van der Waals surface area contributed by atoms with Crippen LogP contribution in [0.2, 0.25) is 0 Å². The van der Waals surface area contributed by atoms with Crippen molar-refractivity contribution in [3.8, 4) is 0 Å². The second kappa shape index (κ2) is 7.76. The minimum atomic E-state index is -3.55. The number of sulfonamides is 1. The van der Waals surface area contributed by atoms with E-state index in [1.807, 2.05) is 4.90 Å². The zero-order valence-corrected chi connectivity index (χ0v) is 16.9. The van der Waals surface area contributed by atoms with E-state index in [0.29, 0.717) is 13.1 Å². The number of nitrogens with zero attached hydrogens (tertiary/aromatic N) is 2. The average molecular weight is 429 g/mol. The molecule has 2 fully saturated rings. The van der Waals surface area contributed by atoms with Gasteiger partial charge in [0.25, 0.3) is 0 Å². The molecule has 2 aliphatic rings. The fourth-order valence-corrected chi connectivity index (χ4v) is 5.57. The second-order valence-electron chi connectivity index (χ2n) is 7.03. The maximum absolute atomic E-state index is 12.9. The Hall–Kier alpha value is -0.920. The van der Waals surface area contributed by atoms with Crippen molar-refractivity contribution in [3.05, 3.63) is 28.7 Å². The number of hydrogen-bond acceptors (Lipinski definition) is 3. The number of benzene rings is 1. The Kier molecular flexibility index (Phi) is 5.85. The molecular formula is C18H25BrN2O3S. The molecule has 138 valence electrons. The molecule has 2 heterocycles. The number of hydrogen-bond donors (Lipinski definition) is 0. The quantitative estimate of drug-likeness (QED) is 0.741. The monoisotopic (exact) mass is 428 g/mol. The highest BCUT2D eigenvalue weighted by Gasteiger charge is 2.36. The first-order chi connectivity index (χ1) is 11.9. The van der Waals surface area contributed by atoms with Crippen LogP contribution in [0.15, 0.2) is 33.6 Å². The Morgan fingerprint density at radius 1 is 1.08 bits per heavy atom. The van der Waals surface area contributed by atoms with Crippen LogP contribution in [0, 0.1) is 5.92 Å². The Morgan fingerprint density at radius 3 is 2.48 bits per heavy atom. The number of carbonyl (C=O) groups excluding carboxylic acids is 1. The summed E-state index contributed by atoms with van der Waals surface area (Å²) < 4.78 is 28.1. The molecule has 0 aliphatic carbocycles. The fraction of sp³-hybridized carbons (Fsp3) is 0.611. The molecule has 1 aromatic carbocycles. The van der Waals surface area contributed by atoms with Gasteiger partial charge < -0.3 is 4.90 Å². The van der Waals surface area contributed by atoms with Crippen molar-refractivity contribution in [2.24, 2.45) is 5.92 Å². The van der Waals surface area contributed by atoms with Crippen LogP contribution < -0.4 is 0 Å². The SMILES string of the molecule is CC1CCCCN1C(=O)C1CCCN(S(=O)(=O)c2ccc(Br)cc2)C1. The van der Waals surface area contributed by atoms with Crippen LogP contribution in [-0.4, -0.2) is 49.2 Å². The minimum absolute atomic E-state index is 0.128. The van der Waals surface area contributed by atoms with Crippen LogP contribution in [-0.2, 0) is 14.8 Å². The first-order valence-corrected chi connectivity index (χ1v) is 11.2. The summed E-state index contributed by atoms with van der Waals surface area (Å²) in [4.78, 5) is 15.2. The van der Waals surface area contributed by atoms with E-state index in [9.17, 15) is 13.2 Å². The summed E-state index contributed by atoms with van der Waals surface area (Å²) in [6, 6.07) is 6.94. The van der Waals surface area contributed by atoms with Gasteiger partial charge in [0.1, 0.15) is 0 Å². The predicted octanol–water partition coefficient (Wildman–Crippen LogP) is 3.25. The van der Waals surface area contributed by atoms with Crippen LogP contribution in [0.3, 0.4) is 0 Å². The van der Waals surface area contributed by atoms with E-state index in [-0.39, 0.29) is 22.8 Å². The molecule has 25 heavy (non-hydrogen) atoms. The zero-order valence-electron chi connectivity index (χ0n) is 14.5. The summed E-state index contributed by atoms with van der Waals surface area (Å²) in [7, 11) is -3.55.